The molecule has 1 atom stereocenters. The minimum atomic E-state index is 0.207. The predicted molar refractivity (Wildman–Crippen MR) is 80.4 cm³/mol. The average molecular weight is 278 g/mol. The van der Waals surface area contributed by atoms with Crippen LogP contribution in [0, 0.1) is 5.92 Å². The molecule has 3 N–H and O–H groups in total. The molecule has 1 unspecified atom stereocenters. The molecule has 1 saturated carbocycles. The van der Waals surface area contributed by atoms with E-state index < -0.39 is 0 Å². The summed E-state index contributed by atoms with van der Waals surface area (Å²) in [5, 5.41) is 0. The van der Waals surface area contributed by atoms with E-state index in [1.807, 2.05) is 19.1 Å². The lowest BCUT2D eigenvalue weighted by atomic mass is 9.77. The zero-order valence-corrected chi connectivity index (χ0v) is 12.5. The van der Waals surface area contributed by atoms with Crippen LogP contribution in [0.3, 0.4) is 0 Å². The Morgan fingerprint density at radius 2 is 1.90 bits per heavy atom. The number of ether oxygens (including phenoxy) is 2. The van der Waals surface area contributed by atoms with Gasteiger partial charge in [-0.3, -0.25) is 11.3 Å². The van der Waals surface area contributed by atoms with Crippen molar-refractivity contribution >= 4 is 0 Å². The van der Waals surface area contributed by atoms with Crippen LogP contribution in [0.4, 0.5) is 0 Å². The second-order valence-corrected chi connectivity index (χ2v) is 5.37. The number of benzene rings is 1. The van der Waals surface area contributed by atoms with Crippen molar-refractivity contribution < 1.29 is 9.47 Å². The molecule has 0 aliphatic heterocycles. The molecule has 1 fully saturated rings. The second kappa shape index (κ2) is 7.62. The summed E-state index contributed by atoms with van der Waals surface area (Å²) in [7, 11) is 0. The van der Waals surface area contributed by atoms with Crippen molar-refractivity contribution in [3.8, 4) is 5.75 Å². The van der Waals surface area contributed by atoms with Gasteiger partial charge in [-0.05, 0) is 56.7 Å². The van der Waals surface area contributed by atoms with E-state index in [0.717, 1.165) is 31.6 Å². The van der Waals surface area contributed by atoms with Crippen molar-refractivity contribution in [1.29, 1.82) is 0 Å². The fraction of sp³-hybridized carbons (Fsp3) is 0.625. The van der Waals surface area contributed by atoms with Crippen molar-refractivity contribution in [2.24, 2.45) is 11.8 Å². The van der Waals surface area contributed by atoms with E-state index in [9.17, 15) is 0 Å². The van der Waals surface area contributed by atoms with E-state index in [1.54, 1.807) is 0 Å². The van der Waals surface area contributed by atoms with Crippen LogP contribution in [0.1, 0.15) is 44.7 Å². The molecule has 1 aliphatic rings. The first-order valence-electron chi connectivity index (χ1n) is 7.57. The highest BCUT2D eigenvalue weighted by atomic mass is 16.5. The van der Waals surface area contributed by atoms with E-state index in [-0.39, 0.29) is 6.04 Å². The molecular weight excluding hydrogens is 252 g/mol. The third kappa shape index (κ3) is 3.95. The first-order valence-corrected chi connectivity index (χ1v) is 7.57. The van der Waals surface area contributed by atoms with Gasteiger partial charge in [0.25, 0.3) is 0 Å². The molecule has 4 heteroatoms. The average Bonchev–Trinajstić information content (AvgIpc) is 2.43. The van der Waals surface area contributed by atoms with Crippen molar-refractivity contribution in [2.75, 3.05) is 13.2 Å². The number of rotatable bonds is 8. The van der Waals surface area contributed by atoms with Gasteiger partial charge in [0.1, 0.15) is 5.75 Å². The van der Waals surface area contributed by atoms with Gasteiger partial charge >= 0.3 is 0 Å². The topological polar surface area (TPSA) is 56.5 Å². The molecule has 1 aromatic carbocycles. The highest BCUT2D eigenvalue weighted by Gasteiger charge is 2.31. The van der Waals surface area contributed by atoms with Crippen LogP contribution in [-0.4, -0.2) is 19.3 Å². The maximum absolute atomic E-state index is 5.71. The Balaban J connectivity index is 1.85. The molecule has 0 saturated heterocycles. The fourth-order valence-electron chi connectivity index (χ4n) is 2.84. The Kier molecular flexibility index (Phi) is 5.83. The molecule has 112 valence electrons. The molecule has 0 aromatic heterocycles. The highest BCUT2D eigenvalue weighted by Crippen LogP contribution is 2.36. The number of nitrogens with two attached hydrogens (primary N) is 1. The zero-order chi connectivity index (χ0) is 14.4. The van der Waals surface area contributed by atoms with Gasteiger partial charge in [0, 0.05) is 12.6 Å². The van der Waals surface area contributed by atoms with E-state index in [1.165, 1.54) is 5.56 Å². The van der Waals surface area contributed by atoms with E-state index in [0.29, 0.717) is 18.6 Å². The Morgan fingerprint density at radius 3 is 2.45 bits per heavy atom. The van der Waals surface area contributed by atoms with Crippen molar-refractivity contribution in [3.05, 3.63) is 29.8 Å². The Bertz CT molecular complexity index is 388. The lowest BCUT2D eigenvalue weighted by molar-refractivity contribution is -0.0291. The SMILES string of the molecule is CCOc1ccc(C(CC2CC(OCC)C2)NN)cc1. The van der Waals surface area contributed by atoms with Crippen LogP contribution in [-0.2, 0) is 4.74 Å². The van der Waals surface area contributed by atoms with Crippen LogP contribution in [0.25, 0.3) is 0 Å². The first kappa shape index (κ1) is 15.3. The molecule has 0 radical (unpaired) electrons. The smallest absolute Gasteiger partial charge is 0.119 e. The standard InChI is InChI=1S/C16H26N2O2/c1-3-19-14-7-5-13(6-8-14)16(18-17)11-12-9-15(10-12)20-4-2/h5-8,12,15-16,18H,3-4,9-11,17H2,1-2H3. The zero-order valence-electron chi connectivity index (χ0n) is 12.5. The second-order valence-electron chi connectivity index (χ2n) is 5.37. The third-order valence-electron chi connectivity index (χ3n) is 3.96. The van der Waals surface area contributed by atoms with Crippen LogP contribution in [0.15, 0.2) is 24.3 Å². The first-order chi connectivity index (χ1) is 9.76. The maximum Gasteiger partial charge on any atom is 0.119 e. The van der Waals surface area contributed by atoms with E-state index >= 15 is 0 Å². The summed E-state index contributed by atoms with van der Waals surface area (Å²) in [5.74, 6) is 7.33. The van der Waals surface area contributed by atoms with Crippen LogP contribution >= 0.6 is 0 Å². The molecule has 1 aromatic rings. The summed E-state index contributed by atoms with van der Waals surface area (Å²) < 4.78 is 11.1. The van der Waals surface area contributed by atoms with Crippen LogP contribution in [0.5, 0.6) is 5.75 Å². The van der Waals surface area contributed by atoms with Gasteiger partial charge < -0.3 is 9.47 Å². The van der Waals surface area contributed by atoms with Crippen LogP contribution < -0.4 is 16.0 Å². The lowest BCUT2D eigenvalue weighted by Gasteiger charge is -2.37. The Labute approximate surface area is 121 Å². The molecule has 4 nitrogen and oxygen atoms in total. The molecule has 0 spiro atoms. The molecule has 0 bridgehead atoms. The van der Waals surface area contributed by atoms with E-state index in [4.69, 9.17) is 15.3 Å². The van der Waals surface area contributed by atoms with Crippen molar-refractivity contribution in [1.82, 2.24) is 5.43 Å². The normalized spacial score (nSPS) is 23.1. The lowest BCUT2D eigenvalue weighted by Crippen LogP contribution is -2.36. The molecule has 0 heterocycles. The van der Waals surface area contributed by atoms with Crippen molar-refractivity contribution in [3.63, 3.8) is 0 Å². The molecule has 1 aliphatic carbocycles. The quantitative estimate of drug-likeness (QED) is 0.567. The van der Waals surface area contributed by atoms with E-state index in [2.05, 4.69) is 24.5 Å². The summed E-state index contributed by atoms with van der Waals surface area (Å²) in [4.78, 5) is 0. The van der Waals surface area contributed by atoms with Gasteiger partial charge in [-0.25, -0.2) is 0 Å². The highest BCUT2D eigenvalue weighted by molar-refractivity contribution is 5.29. The third-order valence-corrected chi connectivity index (χ3v) is 3.96. The Hall–Kier alpha value is -1.10. The van der Waals surface area contributed by atoms with Gasteiger partial charge in [0.15, 0.2) is 0 Å². The van der Waals surface area contributed by atoms with Gasteiger partial charge in [0.05, 0.1) is 12.7 Å². The number of nitrogens with one attached hydrogen (secondary N) is 1. The molecular formula is C16H26N2O2. The summed E-state index contributed by atoms with van der Waals surface area (Å²) >= 11 is 0. The molecule has 0 amide bonds. The Morgan fingerprint density at radius 1 is 1.20 bits per heavy atom. The predicted octanol–water partition coefficient (Wildman–Crippen LogP) is 2.79. The number of hydrogen-bond donors (Lipinski definition) is 2. The summed E-state index contributed by atoms with van der Waals surface area (Å²) in [6.45, 7) is 5.55. The van der Waals surface area contributed by atoms with Crippen molar-refractivity contribution in [2.45, 2.75) is 45.3 Å². The van der Waals surface area contributed by atoms with Crippen LogP contribution in [0.2, 0.25) is 0 Å². The maximum atomic E-state index is 5.71. The number of hydrogen-bond acceptors (Lipinski definition) is 4. The fourth-order valence-corrected chi connectivity index (χ4v) is 2.84. The van der Waals surface area contributed by atoms with Gasteiger partial charge in [0.2, 0.25) is 0 Å². The van der Waals surface area contributed by atoms with Gasteiger partial charge in [-0.15, -0.1) is 0 Å². The number of hydrazine groups is 1. The molecule has 20 heavy (non-hydrogen) atoms. The summed E-state index contributed by atoms with van der Waals surface area (Å²) in [5.41, 5.74) is 4.15. The molecule has 2 rings (SSSR count). The monoisotopic (exact) mass is 278 g/mol. The largest absolute Gasteiger partial charge is 0.494 e. The minimum Gasteiger partial charge on any atom is -0.494 e. The summed E-state index contributed by atoms with van der Waals surface area (Å²) in [6.07, 6.45) is 3.84. The van der Waals surface area contributed by atoms with Gasteiger partial charge in [-0.2, -0.15) is 0 Å². The summed E-state index contributed by atoms with van der Waals surface area (Å²) in [6, 6.07) is 8.40. The van der Waals surface area contributed by atoms with Gasteiger partial charge in [-0.1, -0.05) is 12.1 Å². The minimum absolute atomic E-state index is 0.207.